The first-order valence-electron chi connectivity index (χ1n) is 11.7. The third kappa shape index (κ3) is 7.71. The van der Waals surface area contributed by atoms with Crippen LogP contribution in [0.15, 0.2) is 61.4 Å². The van der Waals surface area contributed by atoms with Crippen molar-refractivity contribution in [3.05, 3.63) is 78.0 Å². The van der Waals surface area contributed by atoms with Gasteiger partial charge in [0.05, 0.1) is 0 Å². The quantitative estimate of drug-likeness (QED) is 0.293. The van der Waals surface area contributed by atoms with Crippen LogP contribution in [0.25, 0.3) is 5.57 Å². The van der Waals surface area contributed by atoms with E-state index in [1.807, 2.05) is 0 Å². The molecule has 0 fully saturated rings. The molecule has 1 nitrogen and oxygen atoms in total. The van der Waals surface area contributed by atoms with E-state index in [1.165, 1.54) is 33.4 Å². The highest BCUT2D eigenvalue weighted by Gasteiger charge is 2.23. The van der Waals surface area contributed by atoms with Gasteiger partial charge in [-0.1, -0.05) is 69.9 Å². The minimum Gasteiger partial charge on any atom is -0.393 e. The fourth-order valence-electron chi connectivity index (χ4n) is 4.74. The summed E-state index contributed by atoms with van der Waals surface area (Å²) >= 11 is 0. The van der Waals surface area contributed by atoms with E-state index < -0.39 is 0 Å². The van der Waals surface area contributed by atoms with Crippen LogP contribution in [0.3, 0.4) is 0 Å². The van der Waals surface area contributed by atoms with Crippen molar-refractivity contribution in [1.82, 2.24) is 5.32 Å². The number of hydrogen-bond acceptors (Lipinski definition) is 1. The lowest BCUT2D eigenvalue weighted by molar-refractivity contribution is 0.548. The second-order valence-electron chi connectivity index (χ2n) is 10.1. The Morgan fingerprint density at radius 2 is 1.80 bits per heavy atom. The van der Waals surface area contributed by atoms with Gasteiger partial charge in [0.25, 0.3) is 0 Å². The Hall–Kier alpha value is -1.96. The van der Waals surface area contributed by atoms with Crippen LogP contribution in [0.5, 0.6) is 0 Å². The van der Waals surface area contributed by atoms with Gasteiger partial charge in [-0.15, -0.1) is 6.58 Å². The first-order valence-corrected chi connectivity index (χ1v) is 11.7. The van der Waals surface area contributed by atoms with Crippen molar-refractivity contribution in [2.24, 2.45) is 11.8 Å². The fourth-order valence-corrected chi connectivity index (χ4v) is 4.74. The zero-order valence-corrected chi connectivity index (χ0v) is 19.9. The molecule has 1 aliphatic rings. The maximum Gasteiger partial charge on any atom is 0.153 e. The van der Waals surface area contributed by atoms with E-state index in [0.717, 1.165) is 57.8 Å². The number of benzene rings is 1. The second kappa shape index (κ2) is 11.4. The molecule has 0 saturated carbocycles. The van der Waals surface area contributed by atoms with E-state index in [1.54, 1.807) is 0 Å². The van der Waals surface area contributed by atoms with Gasteiger partial charge in [0.15, 0.2) is 7.28 Å². The molecule has 0 amide bonds. The summed E-state index contributed by atoms with van der Waals surface area (Å²) in [6.45, 7) is 25.9. The summed E-state index contributed by atoms with van der Waals surface area (Å²) in [5, 5.41) is 3.67. The first kappa shape index (κ1) is 24.3. The van der Waals surface area contributed by atoms with Crippen molar-refractivity contribution in [3.8, 4) is 0 Å². The molecule has 2 rings (SSSR count). The fraction of sp³-hybridized carbons (Fsp3) is 0.500. The van der Waals surface area contributed by atoms with Gasteiger partial charge < -0.3 is 5.32 Å². The lowest BCUT2D eigenvalue weighted by Crippen LogP contribution is -2.40. The van der Waals surface area contributed by atoms with Gasteiger partial charge in [-0.05, 0) is 85.9 Å². The van der Waals surface area contributed by atoms with Gasteiger partial charge >= 0.3 is 0 Å². The predicted molar refractivity (Wildman–Crippen MR) is 137 cm³/mol. The van der Waals surface area contributed by atoms with E-state index >= 15 is 0 Å². The Labute approximate surface area is 186 Å². The predicted octanol–water partition coefficient (Wildman–Crippen LogP) is 7.00. The molecule has 0 radical (unpaired) electrons. The number of fused-ring (bicyclic) bond motifs is 1. The highest BCUT2D eigenvalue weighted by Crippen LogP contribution is 2.31. The first-order chi connectivity index (χ1) is 14.2. The van der Waals surface area contributed by atoms with E-state index in [0.29, 0.717) is 17.8 Å². The minimum atomic E-state index is 0.483. The molecule has 1 N–H and O–H groups in total. The van der Waals surface area contributed by atoms with Crippen molar-refractivity contribution in [1.29, 1.82) is 0 Å². The van der Waals surface area contributed by atoms with Crippen LogP contribution in [0, 0.1) is 11.8 Å². The summed E-state index contributed by atoms with van der Waals surface area (Å²) in [4.78, 5) is 0. The Bertz CT molecular complexity index is 786. The van der Waals surface area contributed by atoms with E-state index in [-0.39, 0.29) is 0 Å². The molecule has 1 aromatic carbocycles. The summed E-state index contributed by atoms with van der Waals surface area (Å²) in [7, 11) is 1.16. The SMILES string of the molecule is C=C(C)CCC(=C)NC1BCc2c(cccc2C(=C)CC(C)CC(=C)CC(C)C)C1. The standard InChI is InChI=1S/C28H42BN/c1-19(2)12-13-24(8)30-28-17-25-10-9-11-26(27(25)18-29-28)23(7)16-22(6)15-21(5)14-20(3)4/h9-11,20,22,28-30H,1,5,7-8,12-18H2,2-4,6H3. The van der Waals surface area contributed by atoms with Crippen LogP contribution in [0.4, 0.5) is 0 Å². The molecule has 1 heterocycles. The summed E-state index contributed by atoms with van der Waals surface area (Å²) in [5.41, 5.74) is 9.39. The topological polar surface area (TPSA) is 12.0 Å². The van der Waals surface area contributed by atoms with Crippen LogP contribution in [-0.4, -0.2) is 13.2 Å². The lowest BCUT2D eigenvalue weighted by Gasteiger charge is -2.29. The van der Waals surface area contributed by atoms with Crippen molar-refractivity contribution >= 4 is 12.9 Å². The largest absolute Gasteiger partial charge is 0.393 e. The van der Waals surface area contributed by atoms with Crippen molar-refractivity contribution in [3.63, 3.8) is 0 Å². The molecule has 1 aromatic rings. The molecule has 2 atom stereocenters. The highest BCUT2D eigenvalue weighted by molar-refractivity contribution is 6.38. The number of rotatable bonds is 12. The molecular formula is C28H42BN. The van der Waals surface area contributed by atoms with E-state index in [4.69, 9.17) is 0 Å². The van der Waals surface area contributed by atoms with Gasteiger partial charge in [0, 0.05) is 11.6 Å². The zero-order chi connectivity index (χ0) is 22.3. The van der Waals surface area contributed by atoms with Crippen LogP contribution >= 0.6 is 0 Å². The molecule has 2 heteroatoms. The summed E-state index contributed by atoms with van der Waals surface area (Å²) in [6, 6.07) is 6.78. The van der Waals surface area contributed by atoms with E-state index in [9.17, 15) is 0 Å². The van der Waals surface area contributed by atoms with Gasteiger partial charge in [0.1, 0.15) is 0 Å². The van der Waals surface area contributed by atoms with E-state index in [2.05, 4.69) is 77.5 Å². The summed E-state index contributed by atoms with van der Waals surface area (Å²) < 4.78 is 0. The van der Waals surface area contributed by atoms with Crippen molar-refractivity contribution in [2.75, 3.05) is 0 Å². The summed E-state index contributed by atoms with van der Waals surface area (Å²) in [5.74, 6) is 1.76. The third-order valence-corrected chi connectivity index (χ3v) is 6.05. The van der Waals surface area contributed by atoms with Gasteiger partial charge in [-0.25, -0.2) is 0 Å². The average molecular weight is 403 g/mol. The Kier molecular flexibility index (Phi) is 9.27. The number of nitrogens with one attached hydrogen (secondary N) is 1. The maximum absolute atomic E-state index is 4.48. The molecule has 0 spiro atoms. The van der Waals surface area contributed by atoms with Crippen LogP contribution in [-0.2, 0) is 12.7 Å². The van der Waals surface area contributed by atoms with Crippen LogP contribution in [0.2, 0.25) is 0 Å². The van der Waals surface area contributed by atoms with Crippen molar-refractivity contribution < 1.29 is 0 Å². The van der Waals surface area contributed by atoms with Gasteiger partial charge in [0.2, 0.25) is 0 Å². The minimum absolute atomic E-state index is 0.483. The van der Waals surface area contributed by atoms with Crippen LogP contribution < -0.4 is 5.32 Å². The van der Waals surface area contributed by atoms with Crippen molar-refractivity contribution in [2.45, 2.75) is 78.5 Å². The lowest BCUT2D eigenvalue weighted by atomic mass is 9.57. The molecule has 2 unspecified atom stereocenters. The smallest absolute Gasteiger partial charge is 0.153 e. The Morgan fingerprint density at radius 3 is 2.47 bits per heavy atom. The zero-order valence-electron chi connectivity index (χ0n) is 19.9. The number of hydrogen-bond donors (Lipinski definition) is 1. The molecule has 0 saturated heterocycles. The average Bonchev–Trinajstić information content (AvgIpc) is 2.64. The molecule has 30 heavy (non-hydrogen) atoms. The second-order valence-corrected chi connectivity index (χ2v) is 10.1. The Balaban J connectivity index is 1.96. The monoisotopic (exact) mass is 403 g/mol. The normalized spacial score (nSPS) is 16.4. The maximum atomic E-state index is 4.48. The molecule has 0 bridgehead atoms. The highest BCUT2D eigenvalue weighted by atomic mass is 14.9. The van der Waals surface area contributed by atoms with Gasteiger partial charge in [-0.3, -0.25) is 0 Å². The number of allylic oxidation sites excluding steroid dienone is 4. The third-order valence-electron chi connectivity index (χ3n) is 6.05. The molecule has 162 valence electrons. The molecule has 0 aromatic heterocycles. The Morgan fingerprint density at radius 1 is 1.07 bits per heavy atom. The molecule has 0 aliphatic carbocycles. The molecular weight excluding hydrogens is 361 g/mol. The van der Waals surface area contributed by atoms with Crippen LogP contribution in [0.1, 0.15) is 76.5 Å². The summed E-state index contributed by atoms with van der Waals surface area (Å²) in [6.07, 6.45) is 7.46. The van der Waals surface area contributed by atoms with Gasteiger partial charge in [-0.2, -0.15) is 0 Å². The molecule has 1 aliphatic heterocycles.